The van der Waals surface area contributed by atoms with Crippen LogP contribution in [0.2, 0.25) is 0 Å². The lowest BCUT2D eigenvalue weighted by Crippen LogP contribution is -2.49. The summed E-state index contributed by atoms with van der Waals surface area (Å²) in [7, 11) is 4.34. The van der Waals surface area contributed by atoms with Crippen molar-refractivity contribution in [2.75, 3.05) is 53.4 Å². The molecule has 0 saturated carbocycles. The molecule has 0 bridgehead atoms. The molecule has 114 valence electrons. The van der Waals surface area contributed by atoms with E-state index in [2.05, 4.69) is 50.0 Å². The highest BCUT2D eigenvalue weighted by Gasteiger charge is 2.32. The summed E-state index contributed by atoms with van der Waals surface area (Å²) in [5.74, 6) is 0.757. The van der Waals surface area contributed by atoms with Crippen molar-refractivity contribution in [3.8, 4) is 0 Å². The number of hydrogen-bond donors (Lipinski definition) is 1. The third-order valence-corrected chi connectivity index (χ3v) is 4.36. The Morgan fingerprint density at radius 3 is 2.42 bits per heavy atom. The summed E-state index contributed by atoms with van der Waals surface area (Å²) in [6.45, 7) is 14.3. The summed E-state index contributed by atoms with van der Waals surface area (Å²) in [5.41, 5.74) is 0.513. The van der Waals surface area contributed by atoms with E-state index in [-0.39, 0.29) is 0 Å². The minimum Gasteiger partial charge on any atom is -0.316 e. The molecule has 1 aliphatic rings. The third kappa shape index (κ3) is 6.24. The summed E-state index contributed by atoms with van der Waals surface area (Å²) in [4.78, 5) is 4.99. The number of nitrogens with zero attached hydrogens (tertiary/aromatic N) is 2. The third-order valence-electron chi connectivity index (χ3n) is 4.36. The molecule has 0 amide bonds. The second-order valence-corrected chi connectivity index (χ2v) is 7.07. The van der Waals surface area contributed by atoms with E-state index >= 15 is 0 Å². The second-order valence-electron chi connectivity index (χ2n) is 7.07. The summed E-state index contributed by atoms with van der Waals surface area (Å²) in [6.07, 6.45) is 4.04. The van der Waals surface area contributed by atoms with Crippen LogP contribution in [0.15, 0.2) is 0 Å². The van der Waals surface area contributed by atoms with Gasteiger partial charge in [-0.25, -0.2) is 0 Å². The fourth-order valence-corrected chi connectivity index (χ4v) is 3.15. The fraction of sp³-hybridized carbons (Fsp3) is 1.00. The molecule has 0 radical (unpaired) electrons. The number of nitrogens with one attached hydrogen (secondary N) is 1. The Hall–Kier alpha value is -0.120. The van der Waals surface area contributed by atoms with E-state index in [4.69, 9.17) is 0 Å². The Balaban J connectivity index is 2.57. The summed E-state index contributed by atoms with van der Waals surface area (Å²) < 4.78 is 0. The molecule has 0 aromatic rings. The molecule has 1 heterocycles. The van der Waals surface area contributed by atoms with Gasteiger partial charge in [0.15, 0.2) is 0 Å². The van der Waals surface area contributed by atoms with Crippen LogP contribution in [0.1, 0.15) is 40.0 Å². The number of piperidine rings is 1. The lowest BCUT2D eigenvalue weighted by atomic mass is 9.77. The Morgan fingerprint density at radius 1 is 1.21 bits per heavy atom. The van der Waals surface area contributed by atoms with Crippen molar-refractivity contribution in [2.24, 2.45) is 11.3 Å². The first kappa shape index (κ1) is 16.9. The largest absolute Gasteiger partial charge is 0.316 e. The van der Waals surface area contributed by atoms with E-state index in [1.165, 1.54) is 58.5 Å². The van der Waals surface area contributed by atoms with Crippen molar-refractivity contribution in [3.63, 3.8) is 0 Å². The van der Waals surface area contributed by atoms with Gasteiger partial charge in [0.25, 0.3) is 0 Å². The minimum atomic E-state index is 0.513. The zero-order valence-corrected chi connectivity index (χ0v) is 13.8. The highest BCUT2D eigenvalue weighted by Crippen LogP contribution is 2.31. The average Bonchev–Trinajstić information content (AvgIpc) is 2.36. The number of likely N-dealkylation sites (N-methyl/N-ethyl adjacent to an activating group) is 1. The first-order chi connectivity index (χ1) is 8.97. The molecule has 1 rings (SSSR count). The lowest BCUT2D eigenvalue weighted by Gasteiger charge is -2.41. The second kappa shape index (κ2) is 8.23. The van der Waals surface area contributed by atoms with Gasteiger partial charge < -0.3 is 15.1 Å². The van der Waals surface area contributed by atoms with Gasteiger partial charge in [-0.2, -0.15) is 0 Å². The van der Waals surface area contributed by atoms with E-state index in [0.717, 1.165) is 5.92 Å². The van der Waals surface area contributed by atoms with Gasteiger partial charge in [-0.05, 0) is 51.2 Å². The van der Waals surface area contributed by atoms with Crippen molar-refractivity contribution < 1.29 is 0 Å². The van der Waals surface area contributed by atoms with Gasteiger partial charge in [0, 0.05) is 32.7 Å². The molecule has 1 saturated heterocycles. The van der Waals surface area contributed by atoms with Crippen LogP contribution in [0.3, 0.4) is 0 Å². The molecule has 3 nitrogen and oxygen atoms in total. The molecule has 1 fully saturated rings. The van der Waals surface area contributed by atoms with Crippen molar-refractivity contribution in [2.45, 2.75) is 40.0 Å². The fourth-order valence-electron chi connectivity index (χ4n) is 3.15. The Bertz CT molecular complexity index is 232. The first-order valence-electron chi connectivity index (χ1n) is 8.05. The Labute approximate surface area is 120 Å². The van der Waals surface area contributed by atoms with E-state index in [1.54, 1.807) is 0 Å². The maximum Gasteiger partial charge on any atom is 0.0109 e. The zero-order chi connectivity index (χ0) is 14.3. The van der Waals surface area contributed by atoms with Crippen molar-refractivity contribution >= 4 is 0 Å². The maximum atomic E-state index is 3.61. The van der Waals surface area contributed by atoms with Crippen LogP contribution in [0.5, 0.6) is 0 Å². The predicted molar refractivity (Wildman–Crippen MR) is 84.7 cm³/mol. The summed E-state index contributed by atoms with van der Waals surface area (Å²) >= 11 is 0. The molecule has 19 heavy (non-hydrogen) atoms. The van der Waals surface area contributed by atoms with Gasteiger partial charge in [0.2, 0.25) is 0 Å². The van der Waals surface area contributed by atoms with Gasteiger partial charge >= 0.3 is 0 Å². The topological polar surface area (TPSA) is 18.5 Å². The normalized spacial score (nSPS) is 24.6. The number of rotatable bonds is 8. The molecule has 0 spiro atoms. The van der Waals surface area contributed by atoms with Crippen LogP contribution in [0.4, 0.5) is 0 Å². The summed E-state index contributed by atoms with van der Waals surface area (Å²) in [6, 6.07) is 0. The minimum absolute atomic E-state index is 0.513. The SMILES string of the molecule is CCC1(CN(CCN(C)C)CC(C)C)CCCNC1. The van der Waals surface area contributed by atoms with E-state index < -0.39 is 0 Å². The Kier molecular flexibility index (Phi) is 7.33. The average molecular weight is 269 g/mol. The zero-order valence-electron chi connectivity index (χ0n) is 13.8. The smallest absolute Gasteiger partial charge is 0.0109 e. The molecule has 0 aromatic carbocycles. The molecule has 0 aliphatic carbocycles. The molecule has 3 heteroatoms. The van der Waals surface area contributed by atoms with Crippen LogP contribution >= 0.6 is 0 Å². The van der Waals surface area contributed by atoms with Gasteiger partial charge in [0.05, 0.1) is 0 Å². The lowest BCUT2D eigenvalue weighted by molar-refractivity contribution is 0.0980. The first-order valence-corrected chi connectivity index (χ1v) is 8.05. The van der Waals surface area contributed by atoms with Crippen LogP contribution < -0.4 is 5.32 Å². The molecule has 1 N–H and O–H groups in total. The van der Waals surface area contributed by atoms with E-state index in [0.29, 0.717) is 5.41 Å². The molecule has 1 atom stereocenters. The molecule has 0 aromatic heterocycles. The molecular weight excluding hydrogens is 234 g/mol. The Morgan fingerprint density at radius 2 is 1.95 bits per heavy atom. The van der Waals surface area contributed by atoms with Crippen LogP contribution in [-0.4, -0.2) is 63.2 Å². The van der Waals surface area contributed by atoms with Gasteiger partial charge in [0.1, 0.15) is 0 Å². The van der Waals surface area contributed by atoms with Gasteiger partial charge in [-0.3, -0.25) is 0 Å². The van der Waals surface area contributed by atoms with E-state index in [1.807, 2.05) is 0 Å². The monoisotopic (exact) mass is 269 g/mol. The van der Waals surface area contributed by atoms with Crippen LogP contribution in [0, 0.1) is 11.3 Å². The van der Waals surface area contributed by atoms with Gasteiger partial charge in [-0.15, -0.1) is 0 Å². The van der Waals surface area contributed by atoms with Crippen molar-refractivity contribution in [1.29, 1.82) is 0 Å². The number of hydrogen-bond acceptors (Lipinski definition) is 3. The van der Waals surface area contributed by atoms with Gasteiger partial charge in [-0.1, -0.05) is 20.8 Å². The predicted octanol–water partition coefficient (Wildman–Crippen LogP) is 2.29. The maximum absolute atomic E-state index is 3.61. The highest BCUT2D eigenvalue weighted by molar-refractivity contribution is 4.87. The van der Waals surface area contributed by atoms with E-state index in [9.17, 15) is 0 Å². The van der Waals surface area contributed by atoms with Crippen molar-refractivity contribution in [1.82, 2.24) is 15.1 Å². The summed E-state index contributed by atoms with van der Waals surface area (Å²) in [5, 5.41) is 3.61. The quantitative estimate of drug-likeness (QED) is 0.729. The molecular formula is C16H35N3. The highest BCUT2D eigenvalue weighted by atomic mass is 15.2. The van der Waals surface area contributed by atoms with Crippen LogP contribution in [0.25, 0.3) is 0 Å². The van der Waals surface area contributed by atoms with Crippen LogP contribution in [-0.2, 0) is 0 Å². The standard InChI is InChI=1S/C16H35N3/c1-6-16(8-7-9-17-13-16)14-19(12-15(2)3)11-10-18(4)5/h15,17H,6-14H2,1-5H3. The molecule has 1 aliphatic heterocycles. The molecule has 1 unspecified atom stereocenters. The van der Waals surface area contributed by atoms with Crippen molar-refractivity contribution in [3.05, 3.63) is 0 Å².